The number of furan rings is 1. The van der Waals surface area contributed by atoms with Crippen LogP contribution in [-0.2, 0) is 0 Å². The summed E-state index contributed by atoms with van der Waals surface area (Å²) < 4.78 is 6.38. The maximum atomic E-state index is 6.38. The van der Waals surface area contributed by atoms with Gasteiger partial charge in [-0.05, 0) is 103 Å². The minimum atomic E-state index is 0.873. The molecule has 0 bridgehead atoms. The van der Waals surface area contributed by atoms with Gasteiger partial charge in [0.25, 0.3) is 0 Å². The molecule has 0 atom stereocenters. The van der Waals surface area contributed by atoms with E-state index in [1.165, 1.54) is 54.6 Å². The van der Waals surface area contributed by atoms with E-state index >= 15 is 0 Å². The molecule has 0 aliphatic carbocycles. The molecule has 0 N–H and O–H groups in total. The Hall–Kier alpha value is -6.64. The van der Waals surface area contributed by atoms with Crippen LogP contribution in [0.5, 0.6) is 0 Å². The highest BCUT2D eigenvalue weighted by atomic mass is 16.3. The summed E-state index contributed by atoms with van der Waals surface area (Å²) in [5.41, 5.74) is 9.81. The zero-order chi connectivity index (χ0) is 33.0. The summed E-state index contributed by atoms with van der Waals surface area (Å²) in [5, 5.41) is 9.74. The summed E-state index contributed by atoms with van der Waals surface area (Å²) in [4.78, 5) is 2.38. The topological polar surface area (TPSA) is 16.4 Å². The van der Waals surface area contributed by atoms with E-state index in [-0.39, 0.29) is 0 Å². The average Bonchev–Trinajstić information content (AvgIpc) is 3.57. The summed E-state index contributed by atoms with van der Waals surface area (Å²) in [6.45, 7) is 0. The van der Waals surface area contributed by atoms with Crippen LogP contribution in [0.1, 0.15) is 0 Å². The smallest absolute Gasteiger partial charge is 0.137 e. The van der Waals surface area contributed by atoms with Crippen LogP contribution in [0.15, 0.2) is 192 Å². The molecule has 9 aromatic carbocycles. The first-order valence-electron chi connectivity index (χ1n) is 17.1. The van der Waals surface area contributed by atoms with Crippen molar-refractivity contribution in [2.75, 3.05) is 4.90 Å². The molecule has 0 radical (unpaired) electrons. The highest BCUT2D eigenvalue weighted by Gasteiger charge is 2.20. The molecule has 1 heterocycles. The van der Waals surface area contributed by atoms with Gasteiger partial charge in [0, 0.05) is 16.8 Å². The van der Waals surface area contributed by atoms with Crippen LogP contribution in [0.3, 0.4) is 0 Å². The largest absolute Gasteiger partial charge is 0.456 e. The van der Waals surface area contributed by atoms with E-state index in [1.807, 2.05) is 12.1 Å². The van der Waals surface area contributed by atoms with E-state index < -0.39 is 0 Å². The van der Waals surface area contributed by atoms with E-state index in [0.29, 0.717) is 0 Å². The maximum Gasteiger partial charge on any atom is 0.137 e. The highest BCUT2D eigenvalue weighted by molar-refractivity contribution is 6.15. The van der Waals surface area contributed by atoms with Crippen LogP contribution >= 0.6 is 0 Å². The first kappa shape index (κ1) is 28.4. The molecule has 0 spiro atoms. The van der Waals surface area contributed by atoms with Crippen molar-refractivity contribution in [2.24, 2.45) is 0 Å². The molecule has 50 heavy (non-hydrogen) atoms. The lowest BCUT2D eigenvalue weighted by Gasteiger charge is -2.27. The Morgan fingerprint density at radius 3 is 1.84 bits per heavy atom. The van der Waals surface area contributed by atoms with Crippen molar-refractivity contribution in [1.82, 2.24) is 0 Å². The Morgan fingerprint density at radius 1 is 0.340 bits per heavy atom. The van der Waals surface area contributed by atoms with Crippen molar-refractivity contribution in [3.63, 3.8) is 0 Å². The summed E-state index contributed by atoms with van der Waals surface area (Å²) >= 11 is 0. The van der Waals surface area contributed by atoms with E-state index in [9.17, 15) is 0 Å². The molecular formula is C48H31NO. The summed E-state index contributed by atoms with van der Waals surface area (Å²) in [5.74, 6) is 0. The van der Waals surface area contributed by atoms with Crippen LogP contribution in [0.25, 0.3) is 76.5 Å². The van der Waals surface area contributed by atoms with E-state index in [4.69, 9.17) is 4.42 Å². The van der Waals surface area contributed by atoms with Crippen LogP contribution < -0.4 is 4.90 Å². The van der Waals surface area contributed by atoms with Crippen molar-refractivity contribution in [3.05, 3.63) is 188 Å². The Bertz CT molecular complexity index is 2870. The fourth-order valence-corrected chi connectivity index (χ4v) is 7.74. The lowest BCUT2D eigenvalue weighted by Crippen LogP contribution is -2.10. The van der Waals surface area contributed by atoms with Crippen molar-refractivity contribution in [1.29, 1.82) is 0 Å². The van der Waals surface area contributed by atoms with Gasteiger partial charge < -0.3 is 9.32 Å². The number of rotatable bonds is 5. The maximum absolute atomic E-state index is 6.38. The van der Waals surface area contributed by atoms with Crippen LogP contribution in [0.2, 0.25) is 0 Å². The molecule has 0 fully saturated rings. The minimum absolute atomic E-state index is 0.873. The third kappa shape index (κ3) is 4.57. The third-order valence-corrected chi connectivity index (χ3v) is 10.0. The van der Waals surface area contributed by atoms with Gasteiger partial charge in [0.05, 0.1) is 11.1 Å². The Balaban J connectivity index is 1.18. The molecule has 0 saturated carbocycles. The number of hydrogen-bond donors (Lipinski definition) is 0. The minimum Gasteiger partial charge on any atom is -0.456 e. The second kappa shape index (κ2) is 11.5. The second-order valence-electron chi connectivity index (χ2n) is 12.9. The van der Waals surface area contributed by atoms with Gasteiger partial charge in [-0.3, -0.25) is 0 Å². The van der Waals surface area contributed by atoms with E-state index in [1.54, 1.807) is 0 Å². The summed E-state index contributed by atoms with van der Waals surface area (Å²) in [6.07, 6.45) is 0. The molecule has 10 rings (SSSR count). The van der Waals surface area contributed by atoms with Crippen molar-refractivity contribution < 1.29 is 4.42 Å². The first-order chi connectivity index (χ1) is 24.8. The lowest BCUT2D eigenvalue weighted by molar-refractivity contribution is 0.669. The Kier molecular flexibility index (Phi) is 6.53. The van der Waals surface area contributed by atoms with Gasteiger partial charge >= 0.3 is 0 Å². The fourth-order valence-electron chi connectivity index (χ4n) is 7.74. The fraction of sp³-hybridized carbons (Fsp3) is 0. The SMILES string of the molecule is c1cc(-c2cccc3ccccc23)cc(N(c2ccc(-c3cc4ccccc4c4ccccc34)cc2)c2cccc3oc4ccccc4c23)c1. The Morgan fingerprint density at radius 2 is 0.980 bits per heavy atom. The average molecular weight is 638 g/mol. The molecule has 0 unspecified atom stereocenters. The quantitative estimate of drug-likeness (QED) is 0.175. The van der Waals surface area contributed by atoms with Gasteiger partial charge in [-0.25, -0.2) is 0 Å². The molecule has 0 amide bonds. The molecule has 2 heteroatoms. The van der Waals surface area contributed by atoms with Crippen LogP contribution in [0.4, 0.5) is 17.1 Å². The standard InChI is InChI=1S/C48H31NO/c1-3-17-38-32(12-1)14-10-22-39(38)34-15-9-16-37(30-34)49(45-23-11-25-47-48(45)43-21-7-8-24-46(43)50-47)36-28-26-33(27-29-36)44-31-35-13-2-4-18-40(35)41-19-5-6-20-42(41)44/h1-31H. The monoisotopic (exact) mass is 637 g/mol. The first-order valence-corrected chi connectivity index (χ1v) is 17.1. The van der Waals surface area contributed by atoms with Crippen molar-refractivity contribution in [2.45, 2.75) is 0 Å². The lowest BCUT2D eigenvalue weighted by atomic mass is 9.93. The highest BCUT2D eigenvalue weighted by Crippen LogP contribution is 2.45. The molecular weight excluding hydrogens is 607 g/mol. The van der Waals surface area contributed by atoms with Gasteiger partial charge in [0.2, 0.25) is 0 Å². The molecule has 1 aromatic heterocycles. The number of hydrogen-bond acceptors (Lipinski definition) is 2. The molecule has 234 valence electrons. The number of para-hydroxylation sites is 1. The van der Waals surface area contributed by atoms with E-state index in [0.717, 1.165) is 39.0 Å². The van der Waals surface area contributed by atoms with Crippen molar-refractivity contribution >= 4 is 71.3 Å². The predicted molar refractivity (Wildman–Crippen MR) is 212 cm³/mol. The van der Waals surface area contributed by atoms with Gasteiger partial charge in [0.15, 0.2) is 0 Å². The van der Waals surface area contributed by atoms with Gasteiger partial charge in [-0.15, -0.1) is 0 Å². The van der Waals surface area contributed by atoms with Crippen LogP contribution in [-0.4, -0.2) is 0 Å². The molecule has 10 aromatic rings. The predicted octanol–water partition coefficient (Wildman–Crippen LogP) is 13.8. The number of anilines is 3. The van der Waals surface area contributed by atoms with Gasteiger partial charge in [0.1, 0.15) is 11.2 Å². The zero-order valence-corrected chi connectivity index (χ0v) is 27.3. The van der Waals surface area contributed by atoms with Crippen molar-refractivity contribution in [3.8, 4) is 22.3 Å². The zero-order valence-electron chi connectivity index (χ0n) is 27.3. The number of fused-ring (bicyclic) bond motifs is 7. The van der Waals surface area contributed by atoms with Crippen LogP contribution in [0, 0.1) is 0 Å². The normalized spacial score (nSPS) is 11.6. The summed E-state index contributed by atoms with van der Waals surface area (Å²) in [6, 6.07) is 67.5. The van der Waals surface area contributed by atoms with E-state index in [2.05, 4.69) is 181 Å². The molecule has 2 nitrogen and oxygen atoms in total. The number of nitrogens with zero attached hydrogens (tertiary/aromatic N) is 1. The molecule has 0 saturated heterocycles. The third-order valence-electron chi connectivity index (χ3n) is 10.0. The summed E-state index contributed by atoms with van der Waals surface area (Å²) in [7, 11) is 0. The second-order valence-corrected chi connectivity index (χ2v) is 12.9. The number of benzene rings is 9. The van der Waals surface area contributed by atoms with Gasteiger partial charge in [-0.1, -0.05) is 140 Å². The Labute approximate surface area is 290 Å². The molecule has 0 aliphatic heterocycles. The molecule has 0 aliphatic rings. The van der Waals surface area contributed by atoms with Gasteiger partial charge in [-0.2, -0.15) is 0 Å².